The first-order valence-corrected chi connectivity index (χ1v) is 14.9. The number of likely N-dealkylation sites (N-methyl/N-ethyl adjacent to an activating group) is 1. The summed E-state index contributed by atoms with van der Waals surface area (Å²) in [6.45, 7) is 1.68. The lowest BCUT2D eigenvalue weighted by Gasteiger charge is -2.33. The fourth-order valence-corrected chi connectivity index (χ4v) is 5.25. The number of nitrogens with zero attached hydrogens (tertiary/aromatic N) is 2. The third-order valence-electron chi connectivity index (χ3n) is 6.44. The van der Waals surface area contributed by atoms with Crippen LogP contribution in [-0.4, -0.2) is 71.8 Å². The Morgan fingerprint density at radius 2 is 1.54 bits per heavy atom. The molecule has 2 amide bonds. The van der Waals surface area contributed by atoms with Crippen molar-refractivity contribution in [3.8, 4) is 17.2 Å². The number of anilines is 1. The number of rotatable bonds is 14. The van der Waals surface area contributed by atoms with Gasteiger partial charge in [0.15, 0.2) is 11.5 Å². The molecule has 0 fully saturated rings. The fourth-order valence-electron chi connectivity index (χ4n) is 4.41. The zero-order valence-corrected chi connectivity index (χ0v) is 24.8. The van der Waals surface area contributed by atoms with Crippen LogP contribution in [-0.2, 0) is 32.6 Å². The van der Waals surface area contributed by atoms with Crippen molar-refractivity contribution in [3.63, 3.8) is 0 Å². The maximum atomic E-state index is 14.1. The van der Waals surface area contributed by atoms with E-state index in [-0.39, 0.29) is 24.6 Å². The molecule has 0 saturated carbocycles. The molecule has 0 bridgehead atoms. The van der Waals surface area contributed by atoms with E-state index < -0.39 is 28.5 Å². The van der Waals surface area contributed by atoms with E-state index >= 15 is 0 Å². The maximum absolute atomic E-state index is 14.1. The van der Waals surface area contributed by atoms with Crippen molar-refractivity contribution >= 4 is 27.5 Å². The number of methoxy groups -OCH3 is 3. The number of benzene rings is 3. The number of carbonyl (C=O) groups excluding carboxylic acids is 2. The van der Waals surface area contributed by atoms with Crippen molar-refractivity contribution in [2.24, 2.45) is 0 Å². The second-order valence-electron chi connectivity index (χ2n) is 9.28. The second-order valence-corrected chi connectivity index (χ2v) is 11.2. The summed E-state index contributed by atoms with van der Waals surface area (Å²) in [5, 5.41) is 2.83. The number of amides is 2. The van der Waals surface area contributed by atoms with Gasteiger partial charge in [0.2, 0.25) is 21.8 Å². The van der Waals surface area contributed by atoms with Gasteiger partial charge >= 0.3 is 0 Å². The van der Waals surface area contributed by atoms with Crippen molar-refractivity contribution in [1.29, 1.82) is 0 Å². The first-order chi connectivity index (χ1) is 19.6. The van der Waals surface area contributed by atoms with Crippen LogP contribution in [0.15, 0.2) is 72.8 Å². The first-order valence-electron chi connectivity index (χ1n) is 13.0. The molecule has 0 aliphatic heterocycles. The van der Waals surface area contributed by atoms with Crippen molar-refractivity contribution in [2.75, 3.05) is 45.0 Å². The molecule has 1 atom stereocenters. The Morgan fingerprint density at radius 1 is 0.854 bits per heavy atom. The van der Waals surface area contributed by atoms with Crippen LogP contribution in [0.5, 0.6) is 17.2 Å². The van der Waals surface area contributed by atoms with E-state index in [1.54, 1.807) is 38.3 Å². The van der Waals surface area contributed by atoms with Crippen molar-refractivity contribution in [1.82, 2.24) is 10.2 Å². The molecule has 1 N–H and O–H groups in total. The van der Waals surface area contributed by atoms with Crippen molar-refractivity contribution in [3.05, 3.63) is 83.9 Å². The third kappa shape index (κ3) is 8.37. The van der Waals surface area contributed by atoms with Crippen molar-refractivity contribution in [2.45, 2.75) is 25.9 Å². The minimum Gasteiger partial charge on any atom is -0.497 e. The van der Waals surface area contributed by atoms with Gasteiger partial charge in [0.05, 0.1) is 33.3 Å². The quantitative estimate of drug-likeness (QED) is 0.310. The average Bonchev–Trinajstić information content (AvgIpc) is 2.97. The molecule has 0 aliphatic rings. The van der Waals surface area contributed by atoms with Crippen LogP contribution in [0.25, 0.3) is 0 Å². The third-order valence-corrected chi connectivity index (χ3v) is 7.58. The van der Waals surface area contributed by atoms with Crippen LogP contribution >= 0.6 is 0 Å². The summed E-state index contributed by atoms with van der Waals surface area (Å²) in [5.41, 5.74) is 1.79. The molecule has 10 nitrogen and oxygen atoms in total. The Bertz CT molecular complexity index is 1430. The molecular weight excluding hydrogens is 546 g/mol. The molecule has 41 heavy (non-hydrogen) atoms. The molecule has 0 spiro atoms. The molecule has 0 aromatic heterocycles. The Hall–Kier alpha value is -4.25. The van der Waals surface area contributed by atoms with Gasteiger partial charge in [-0.3, -0.25) is 13.9 Å². The standard InChI is InChI=1S/C30H37N3O7S/c1-6-31-30(35)26(18-22-11-8-7-9-12-22)32(20-23-13-10-14-25(17-23)38-2)29(34)21-33(41(5,36)37)24-15-16-27(39-3)28(19-24)40-4/h7-17,19,26H,6,18,20-21H2,1-5H3,(H,31,35). The van der Waals surface area contributed by atoms with Crippen molar-refractivity contribution < 1.29 is 32.2 Å². The van der Waals surface area contributed by atoms with Gasteiger partial charge < -0.3 is 24.4 Å². The van der Waals surface area contributed by atoms with E-state index in [1.807, 2.05) is 36.4 Å². The number of ether oxygens (including phenoxy) is 3. The largest absolute Gasteiger partial charge is 0.497 e. The van der Waals surface area contributed by atoms with E-state index in [1.165, 1.54) is 31.3 Å². The van der Waals surface area contributed by atoms with Gasteiger partial charge in [-0.05, 0) is 42.3 Å². The highest BCUT2D eigenvalue weighted by Crippen LogP contribution is 2.32. The maximum Gasteiger partial charge on any atom is 0.244 e. The zero-order chi connectivity index (χ0) is 30.0. The monoisotopic (exact) mass is 583 g/mol. The van der Waals surface area contributed by atoms with Crippen LogP contribution in [0.3, 0.4) is 0 Å². The van der Waals surface area contributed by atoms with Crippen LogP contribution < -0.4 is 23.8 Å². The normalized spacial score (nSPS) is 11.7. The second kappa shape index (κ2) is 14.4. The average molecular weight is 584 g/mol. The molecule has 220 valence electrons. The summed E-state index contributed by atoms with van der Waals surface area (Å²) in [6.07, 6.45) is 1.26. The van der Waals surface area contributed by atoms with Crippen LogP contribution in [0.1, 0.15) is 18.1 Å². The first kappa shape index (κ1) is 31.3. The summed E-state index contributed by atoms with van der Waals surface area (Å²) in [6, 6.07) is 20.2. The van der Waals surface area contributed by atoms with Gasteiger partial charge in [0, 0.05) is 25.6 Å². The Balaban J connectivity index is 2.07. The van der Waals surface area contributed by atoms with Crippen LogP contribution in [0.4, 0.5) is 5.69 Å². The Morgan fingerprint density at radius 3 is 2.15 bits per heavy atom. The molecule has 3 aromatic rings. The predicted molar refractivity (Wildman–Crippen MR) is 158 cm³/mol. The highest BCUT2D eigenvalue weighted by atomic mass is 32.2. The molecule has 11 heteroatoms. The van der Waals surface area contributed by atoms with E-state index in [0.717, 1.165) is 21.7 Å². The Labute approximate surface area is 241 Å². The fraction of sp³-hybridized carbons (Fsp3) is 0.333. The molecule has 0 saturated heterocycles. The summed E-state index contributed by atoms with van der Waals surface area (Å²) in [7, 11) is 0.534. The van der Waals surface area contributed by atoms with Gasteiger partial charge in [0.1, 0.15) is 18.3 Å². The predicted octanol–water partition coefficient (Wildman–Crippen LogP) is 3.25. The van der Waals surface area contributed by atoms with E-state index in [4.69, 9.17) is 14.2 Å². The van der Waals surface area contributed by atoms with Gasteiger partial charge in [-0.1, -0.05) is 42.5 Å². The summed E-state index contributed by atoms with van der Waals surface area (Å²) < 4.78 is 42.9. The SMILES string of the molecule is CCNC(=O)C(Cc1ccccc1)N(Cc1cccc(OC)c1)C(=O)CN(c1ccc(OC)c(OC)c1)S(C)(=O)=O. The number of sulfonamides is 1. The lowest BCUT2D eigenvalue weighted by atomic mass is 10.0. The highest BCUT2D eigenvalue weighted by Gasteiger charge is 2.33. The van der Waals surface area contributed by atoms with Gasteiger partial charge in [0.25, 0.3) is 0 Å². The van der Waals surface area contributed by atoms with Crippen LogP contribution in [0.2, 0.25) is 0 Å². The topological polar surface area (TPSA) is 114 Å². The molecule has 0 aliphatic carbocycles. The lowest BCUT2D eigenvalue weighted by molar-refractivity contribution is -0.140. The van der Waals surface area contributed by atoms with Crippen LogP contribution in [0, 0.1) is 0 Å². The number of hydrogen-bond donors (Lipinski definition) is 1. The summed E-state index contributed by atoms with van der Waals surface area (Å²) in [5.74, 6) is 0.416. The van der Waals surface area contributed by atoms with Gasteiger partial charge in [-0.15, -0.1) is 0 Å². The molecule has 3 rings (SSSR count). The summed E-state index contributed by atoms with van der Waals surface area (Å²) >= 11 is 0. The van der Waals surface area contributed by atoms with E-state index in [9.17, 15) is 18.0 Å². The minimum absolute atomic E-state index is 0.0498. The van der Waals surface area contributed by atoms with Gasteiger partial charge in [-0.25, -0.2) is 8.42 Å². The number of hydrogen-bond acceptors (Lipinski definition) is 7. The molecule has 0 heterocycles. The smallest absolute Gasteiger partial charge is 0.244 e. The highest BCUT2D eigenvalue weighted by molar-refractivity contribution is 7.92. The lowest BCUT2D eigenvalue weighted by Crippen LogP contribution is -2.53. The summed E-state index contributed by atoms with van der Waals surface area (Å²) in [4.78, 5) is 28.9. The molecular formula is C30H37N3O7S. The molecule has 0 radical (unpaired) electrons. The molecule has 1 unspecified atom stereocenters. The van der Waals surface area contributed by atoms with E-state index in [2.05, 4.69) is 5.32 Å². The van der Waals surface area contributed by atoms with E-state index in [0.29, 0.717) is 23.8 Å². The number of nitrogens with one attached hydrogen (secondary N) is 1. The number of carbonyl (C=O) groups is 2. The minimum atomic E-state index is -3.92. The molecule has 3 aromatic carbocycles. The van der Waals surface area contributed by atoms with Gasteiger partial charge in [-0.2, -0.15) is 0 Å². The Kier molecular flexibility index (Phi) is 11.0. The zero-order valence-electron chi connectivity index (χ0n) is 24.0.